The molecule has 0 fully saturated rings. The van der Waals surface area contributed by atoms with Crippen molar-refractivity contribution in [1.82, 2.24) is 0 Å². The van der Waals surface area contributed by atoms with Gasteiger partial charge in [-0.1, -0.05) is 54.1 Å². The zero-order chi connectivity index (χ0) is 21.1. The van der Waals surface area contributed by atoms with Crippen LogP contribution in [0.3, 0.4) is 0 Å². The number of alkyl halides is 2. The van der Waals surface area contributed by atoms with Crippen molar-refractivity contribution in [2.75, 3.05) is 13.2 Å². The fraction of sp³-hybridized carbons (Fsp3) is 0.304. The van der Waals surface area contributed by atoms with Crippen LogP contribution in [0.4, 0.5) is 8.78 Å². The van der Waals surface area contributed by atoms with Crippen LogP contribution in [-0.4, -0.2) is 31.1 Å². The number of ether oxygens (including phenoxy) is 2. The average Bonchev–Trinajstić information content (AvgIpc) is 2.71. The summed E-state index contributed by atoms with van der Waals surface area (Å²) in [7, 11) is 0. The first-order chi connectivity index (χ1) is 13.9. The van der Waals surface area contributed by atoms with E-state index < -0.39 is 24.3 Å². The molecule has 0 saturated carbocycles. The van der Waals surface area contributed by atoms with Gasteiger partial charge in [-0.3, -0.25) is 0 Å². The molecule has 0 aliphatic heterocycles. The Kier molecular flexibility index (Phi) is 8.52. The van der Waals surface area contributed by atoms with Crippen LogP contribution in [-0.2, 0) is 14.3 Å². The molecule has 0 amide bonds. The summed E-state index contributed by atoms with van der Waals surface area (Å²) in [6, 6.07) is 16.1. The molecule has 0 spiro atoms. The van der Waals surface area contributed by atoms with E-state index in [-0.39, 0.29) is 26.1 Å². The normalized spacial score (nSPS) is 11.4. The molecular formula is C23H24F2O4. The Morgan fingerprint density at radius 3 is 2.34 bits per heavy atom. The minimum atomic E-state index is -3.57. The quantitative estimate of drug-likeness (QED) is 0.404. The van der Waals surface area contributed by atoms with Crippen LogP contribution in [0.5, 0.6) is 0 Å². The number of esters is 2. The molecule has 6 heteroatoms. The third-order valence-electron chi connectivity index (χ3n) is 4.12. The molecule has 2 aromatic carbocycles. The third kappa shape index (κ3) is 7.86. The maximum atomic E-state index is 13.8. The lowest BCUT2D eigenvalue weighted by atomic mass is 10.1. The van der Waals surface area contributed by atoms with E-state index >= 15 is 0 Å². The Hall–Kier alpha value is -3.02. The Morgan fingerprint density at radius 1 is 0.966 bits per heavy atom. The Balaban J connectivity index is 1.64. The predicted molar refractivity (Wildman–Crippen MR) is 107 cm³/mol. The van der Waals surface area contributed by atoms with Gasteiger partial charge in [0, 0.05) is 6.42 Å². The van der Waals surface area contributed by atoms with Crippen LogP contribution < -0.4 is 0 Å². The summed E-state index contributed by atoms with van der Waals surface area (Å²) < 4.78 is 37.4. The Bertz CT molecular complexity index is 815. The van der Waals surface area contributed by atoms with Gasteiger partial charge in [0.25, 0.3) is 0 Å². The average molecular weight is 402 g/mol. The van der Waals surface area contributed by atoms with E-state index in [2.05, 4.69) is 4.74 Å². The van der Waals surface area contributed by atoms with E-state index in [4.69, 9.17) is 4.74 Å². The standard InChI is InChI=1S/C23H24F2O4/c1-18-11-13-20(14-12-18)21(26)28-16-6-5-15-23(24,25)22(27)29-17-7-10-19-8-3-2-4-9-19/h2-4,7-14H,5-6,15-17H2,1H3/b10-7+. The second-order valence-corrected chi connectivity index (χ2v) is 6.58. The summed E-state index contributed by atoms with van der Waals surface area (Å²) >= 11 is 0. The molecule has 0 unspecified atom stereocenters. The SMILES string of the molecule is Cc1ccc(C(=O)OCCCCC(F)(F)C(=O)OC/C=C/c2ccccc2)cc1. The number of carbonyl (C=O) groups is 2. The highest BCUT2D eigenvalue weighted by Crippen LogP contribution is 2.23. The highest BCUT2D eigenvalue weighted by atomic mass is 19.3. The van der Waals surface area contributed by atoms with Crippen molar-refractivity contribution < 1.29 is 27.8 Å². The Morgan fingerprint density at radius 2 is 1.66 bits per heavy atom. The molecule has 2 aromatic rings. The number of aryl methyl sites for hydroxylation is 1. The van der Waals surface area contributed by atoms with Crippen molar-refractivity contribution in [3.63, 3.8) is 0 Å². The molecule has 4 nitrogen and oxygen atoms in total. The third-order valence-corrected chi connectivity index (χ3v) is 4.12. The van der Waals surface area contributed by atoms with Crippen LogP contribution in [0.2, 0.25) is 0 Å². The molecule has 0 aliphatic carbocycles. The fourth-order valence-corrected chi connectivity index (χ4v) is 2.47. The molecule has 0 aromatic heterocycles. The fourth-order valence-electron chi connectivity index (χ4n) is 2.47. The van der Waals surface area contributed by atoms with E-state index in [0.29, 0.717) is 5.56 Å². The first kappa shape index (κ1) is 22.3. The van der Waals surface area contributed by atoms with Gasteiger partial charge < -0.3 is 9.47 Å². The predicted octanol–water partition coefficient (Wildman–Crippen LogP) is 5.21. The van der Waals surface area contributed by atoms with Crippen LogP contribution in [0.1, 0.15) is 40.7 Å². The molecular weight excluding hydrogens is 378 g/mol. The van der Waals surface area contributed by atoms with E-state index in [9.17, 15) is 18.4 Å². The van der Waals surface area contributed by atoms with Crippen molar-refractivity contribution in [3.05, 3.63) is 77.4 Å². The van der Waals surface area contributed by atoms with Crippen LogP contribution in [0.25, 0.3) is 6.08 Å². The second-order valence-electron chi connectivity index (χ2n) is 6.58. The summed E-state index contributed by atoms with van der Waals surface area (Å²) in [4.78, 5) is 23.4. The van der Waals surface area contributed by atoms with Gasteiger partial charge in [0.2, 0.25) is 0 Å². The molecule has 0 atom stereocenters. The van der Waals surface area contributed by atoms with Gasteiger partial charge in [0.1, 0.15) is 6.61 Å². The number of benzene rings is 2. The van der Waals surface area contributed by atoms with Gasteiger partial charge in [0.05, 0.1) is 12.2 Å². The summed E-state index contributed by atoms with van der Waals surface area (Å²) in [6.45, 7) is 1.69. The van der Waals surface area contributed by atoms with Crippen molar-refractivity contribution >= 4 is 18.0 Å². The molecule has 2 rings (SSSR count). The molecule has 154 valence electrons. The molecule has 0 N–H and O–H groups in total. The van der Waals surface area contributed by atoms with E-state index in [1.807, 2.05) is 37.3 Å². The minimum absolute atomic E-state index is 0.0116. The zero-order valence-electron chi connectivity index (χ0n) is 16.3. The van der Waals surface area contributed by atoms with Gasteiger partial charge in [-0.15, -0.1) is 0 Å². The van der Waals surface area contributed by atoms with Crippen molar-refractivity contribution in [2.24, 2.45) is 0 Å². The van der Waals surface area contributed by atoms with Crippen LogP contribution >= 0.6 is 0 Å². The Labute approximate surface area is 169 Å². The number of unbranched alkanes of at least 4 members (excludes halogenated alkanes) is 1. The first-order valence-corrected chi connectivity index (χ1v) is 9.39. The summed E-state index contributed by atoms with van der Waals surface area (Å²) in [6.07, 6.45) is 2.80. The van der Waals surface area contributed by atoms with Crippen LogP contribution in [0.15, 0.2) is 60.7 Å². The van der Waals surface area contributed by atoms with Crippen LogP contribution in [0, 0.1) is 6.92 Å². The van der Waals surface area contributed by atoms with Crippen molar-refractivity contribution in [3.8, 4) is 0 Å². The number of hydrogen-bond donors (Lipinski definition) is 0. The molecule has 0 bridgehead atoms. The van der Waals surface area contributed by atoms with Gasteiger partial charge in [-0.25, -0.2) is 9.59 Å². The summed E-state index contributed by atoms with van der Waals surface area (Å²) in [5.41, 5.74) is 2.31. The molecule has 0 radical (unpaired) electrons. The molecule has 29 heavy (non-hydrogen) atoms. The lowest BCUT2D eigenvalue weighted by Crippen LogP contribution is -2.30. The number of hydrogen-bond acceptors (Lipinski definition) is 4. The lowest BCUT2D eigenvalue weighted by Gasteiger charge is -2.14. The summed E-state index contributed by atoms with van der Waals surface area (Å²) in [5.74, 6) is -5.62. The molecule has 0 aliphatic rings. The van der Waals surface area contributed by atoms with Gasteiger partial charge in [0.15, 0.2) is 0 Å². The van der Waals surface area contributed by atoms with Gasteiger partial charge >= 0.3 is 17.9 Å². The maximum Gasteiger partial charge on any atom is 0.377 e. The van der Waals surface area contributed by atoms with E-state index in [1.165, 1.54) is 6.08 Å². The van der Waals surface area contributed by atoms with E-state index in [1.54, 1.807) is 30.3 Å². The van der Waals surface area contributed by atoms with Crippen molar-refractivity contribution in [1.29, 1.82) is 0 Å². The smallest absolute Gasteiger partial charge is 0.377 e. The number of rotatable bonds is 10. The monoisotopic (exact) mass is 402 g/mol. The lowest BCUT2D eigenvalue weighted by molar-refractivity contribution is -0.171. The van der Waals surface area contributed by atoms with Gasteiger partial charge in [-0.05, 0) is 43.5 Å². The zero-order valence-corrected chi connectivity index (χ0v) is 16.3. The molecule has 0 heterocycles. The van der Waals surface area contributed by atoms with E-state index in [0.717, 1.165) is 11.1 Å². The number of halogens is 2. The van der Waals surface area contributed by atoms with Crippen molar-refractivity contribution in [2.45, 2.75) is 32.1 Å². The topological polar surface area (TPSA) is 52.6 Å². The maximum absolute atomic E-state index is 13.8. The largest absolute Gasteiger partial charge is 0.462 e. The highest BCUT2D eigenvalue weighted by molar-refractivity contribution is 5.89. The number of carbonyl (C=O) groups excluding carboxylic acids is 2. The van der Waals surface area contributed by atoms with Gasteiger partial charge in [-0.2, -0.15) is 8.78 Å². The summed E-state index contributed by atoms with van der Waals surface area (Å²) in [5, 5.41) is 0. The highest BCUT2D eigenvalue weighted by Gasteiger charge is 2.39. The first-order valence-electron chi connectivity index (χ1n) is 9.39. The minimum Gasteiger partial charge on any atom is -0.462 e. The molecule has 0 saturated heterocycles. The second kappa shape index (κ2) is 11.1.